The first kappa shape index (κ1) is 14.6. The first-order valence-corrected chi connectivity index (χ1v) is 8.08. The summed E-state index contributed by atoms with van der Waals surface area (Å²) in [5.74, 6) is 1.92. The first-order chi connectivity index (χ1) is 10.1. The van der Waals surface area contributed by atoms with Crippen LogP contribution in [0, 0.1) is 5.92 Å². The van der Waals surface area contributed by atoms with Crippen molar-refractivity contribution in [3.8, 4) is 0 Å². The summed E-state index contributed by atoms with van der Waals surface area (Å²) >= 11 is 0. The summed E-state index contributed by atoms with van der Waals surface area (Å²) < 4.78 is 6.10. The van der Waals surface area contributed by atoms with Gasteiger partial charge in [0, 0.05) is 30.1 Å². The summed E-state index contributed by atoms with van der Waals surface area (Å²) in [6.45, 7) is 10.9. The lowest BCUT2D eigenvalue weighted by Gasteiger charge is -2.16. The van der Waals surface area contributed by atoms with Crippen molar-refractivity contribution in [2.24, 2.45) is 5.92 Å². The Hall–Kier alpha value is -1.32. The number of hydrogen-bond donors (Lipinski definition) is 1. The van der Waals surface area contributed by atoms with Crippen LogP contribution in [0.2, 0.25) is 0 Å². The van der Waals surface area contributed by atoms with Crippen LogP contribution in [-0.2, 0) is 13.1 Å². The zero-order chi connectivity index (χ0) is 14.8. The van der Waals surface area contributed by atoms with Crippen molar-refractivity contribution in [1.82, 2.24) is 10.2 Å². The predicted molar refractivity (Wildman–Crippen MR) is 87.2 cm³/mol. The molecule has 0 spiro atoms. The summed E-state index contributed by atoms with van der Waals surface area (Å²) in [7, 11) is 0. The molecule has 0 radical (unpaired) electrons. The van der Waals surface area contributed by atoms with Crippen LogP contribution in [-0.4, -0.2) is 24.0 Å². The largest absolute Gasteiger partial charge is 0.459 e. The Bertz CT molecular complexity index is 602. The van der Waals surface area contributed by atoms with Crippen LogP contribution >= 0.6 is 0 Å². The Morgan fingerprint density at radius 2 is 2.14 bits per heavy atom. The van der Waals surface area contributed by atoms with Gasteiger partial charge in [-0.2, -0.15) is 0 Å². The average molecular weight is 286 g/mol. The first-order valence-electron chi connectivity index (χ1n) is 8.08. The van der Waals surface area contributed by atoms with Gasteiger partial charge in [-0.1, -0.05) is 39.0 Å². The van der Waals surface area contributed by atoms with Gasteiger partial charge in [-0.05, 0) is 24.9 Å². The van der Waals surface area contributed by atoms with Crippen molar-refractivity contribution in [2.45, 2.75) is 46.3 Å². The van der Waals surface area contributed by atoms with Gasteiger partial charge in [0.2, 0.25) is 0 Å². The van der Waals surface area contributed by atoms with Crippen LogP contribution in [0.1, 0.15) is 38.5 Å². The quantitative estimate of drug-likeness (QED) is 0.907. The number of fused-ring (bicyclic) bond motifs is 1. The molecule has 0 saturated carbocycles. The van der Waals surface area contributed by atoms with Gasteiger partial charge in [0.25, 0.3) is 0 Å². The fourth-order valence-corrected chi connectivity index (χ4v) is 3.16. The molecule has 2 heterocycles. The molecule has 1 aromatic heterocycles. The molecule has 0 aliphatic carbocycles. The Morgan fingerprint density at radius 1 is 1.33 bits per heavy atom. The van der Waals surface area contributed by atoms with Gasteiger partial charge in [-0.3, -0.25) is 4.90 Å². The number of hydrogen-bond acceptors (Lipinski definition) is 3. The van der Waals surface area contributed by atoms with Crippen LogP contribution in [0.5, 0.6) is 0 Å². The highest BCUT2D eigenvalue weighted by molar-refractivity contribution is 5.82. The summed E-state index contributed by atoms with van der Waals surface area (Å²) in [5.41, 5.74) is 2.38. The highest BCUT2D eigenvalue weighted by atomic mass is 16.3. The third kappa shape index (κ3) is 3.30. The van der Waals surface area contributed by atoms with Crippen LogP contribution in [0.4, 0.5) is 0 Å². The molecule has 1 aliphatic rings. The van der Waals surface area contributed by atoms with Crippen LogP contribution in [0.25, 0.3) is 11.0 Å². The van der Waals surface area contributed by atoms with Crippen molar-refractivity contribution < 1.29 is 4.42 Å². The molecule has 21 heavy (non-hydrogen) atoms. The second kappa shape index (κ2) is 6.20. The van der Waals surface area contributed by atoms with Gasteiger partial charge in [0.05, 0.1) is 6.54 Å². The van der Waals surface area contributed by atoms with E-state index in [0.717, 1.165) is 30.4 Å². The van der Waals surface area contributed by atoms with E-state index in [1.54, 1.807) is 0 Å². The number of furan rings is 1. The molecule has 1 aliphatic heterocycles. The molecular formula is C18H26N2O. The highest BCUT2D eigenvalue weighted by Crippen LogP contribution is 2.29. The van der Waals surface area contributed by atoms with Crippen LogP contribution in [0.15, 0.2) is 28.7 Å². The molecule has 3 nitrogen and oxygen atoms in total. The SMILES string of the molecule is CC1CCN(Cc2c(CNC(C)C)oc3ccccc23)C1. The van der Waals surface area contributed by atoms with Crippen molar-refractivity contribution in [3.63, 3.8) is 0 Å². The number of para-hydroxylation sites is 1. The fourth-order valence-electron chi connectivity index (χ4n) is 3.16. The van der Waals surface area contributed by atoms with E-state index in [2.05, 4.69) is 49.2 Å². The van der Waals surface area contributed by atoms with Crippen molar-refractivity contribution in [1.29, 1.82) is 0 Å². The van der Waals surface area contributed by atoms with E-state index in [0.29, 0.717) is 6.04 Å². The predicted octanol–water partition coefficient (Wildman–Crippen LogP) is 3.77. The zero-order valence-electron chi connectivity index (χ0n) is 13.4. The van der Waals surface area contributed by atoms with E-state index in [9.17, 15) is 0 Å². The van der Waals surface area contributed by atoms with E-state index in [1.807, 2.05) is 6.07 Å². The lowest BCUT2D eigenvalue weighted by molar-refractivity contribution is 0.317. The van der Waals surface area contributed by atoms with Gasteiger partial charge in [-0.15, -0.1) is 0 Å². The molecule has 114 valence electrons. The molecule has 1 unspecified atom stereocenters. The molecule has 1 fully saturated rings. The summed E-state index contributed by atoms with van der Waals surface area (Å²) in [4.78, 5) is 2.56. The van der Waals surface area contributed by atoms with Gasteiger partial charge < -0.3 is 9.73 Å². The molecule has 0 amide bonds. The maximum absolute atomic E-state index is 6.10. The van der Waals surface area contributed by atoms with E-state index >= 15 is 0 Å². The molecule has 1 N–H and O–H groups in total. The van der Waals surface area contributed by atoms with Gasteiger partial charge in [0.15, 0.2) is 0 Å². The Balaban J connectivity index is 1.87. The molecule has 2 aromatic rings. The van der Waals surface area contributed by atoms with Crippen LogP contribution < -0.4 is 5.32 Å². The number of nitrogens with zero attached hydrogens (tertiary/aromatic N) is 1. The molecule has 3 rings (SSSR count). The van der Waals surface area contributed by atoms with Crippen LogP contribution in [0.3, 0.4) is 0 Å². The fraction of sp³-hybridized carbons (Fsp3) is 0.556. The monoisotopic (exact) mass is 286 g/mol. The maximum atomic E-state index is 6.10. The Kier molecular flexibility index (Phi) is 4.32. The smallest absolute Gasteiger partial charge is 0.134 e. The summed E-state index contributed by atoms with van der Waals surface area (Å²) in [6.07, 6.45) is 1.31. The van der Waals surface area contributed by atoms with Gasteiger partial charge in [-0.25, -0.2) is 0 Å². The zero-order valence-corrected chi connectivity index (χ0v) is 13.4. The molecule has 1 atom stereocenters. The minimum atomic E-state index is 0.470. The molecule has 0 bridgehead atoms. The molecule has 1 saturated heterocycles. The summed E-state index contributed by atoms with van der Waals surface area (Å²) in [6, 6.07) is 8.88. The number of rotatable bonds is 5. The topological polar surface area (TPSA) is 28.4 Å². The third-order valence-electron chi connectivity index (χ3n) is 4.34. The lowest BCUT2D eigenvalue weighted by atomic mass is 10.1. The van der Waals surface area contributed by atoms with E-state index in [-0.39, 0.29) is 0 Å². The van der Waals surface area contributed by atoms with Gasteiger partial charge >= 0.3 is 0 Å². The number of benzene rings is 1. The average Bonchev–Trinajstić information content (AvgIpc) is 3.01. The normalized spacial score (nSPS) is 19.9. The lowest BCUT2D eigenvalue weighted by Crippen LogP contribution is -2.24. The van der Waals surface area contributed by atoms with Gasteiger partial charge in [0.1, 0.15) is 11.3 Å². The molecule has 3 heteroatoms. The minimum Gasteiger partial charge on any atom is -0.459 e. The number of likely N-dealkylation sites (tertiary alicyclic amines) is 1. The number of nitrogens with one attached hydrogen (secondary N) is 1. The van der Waals surface area contributed by atoms with Crippen molar-refractivity contribution >= 4 is 11.0 Å². The van der Waals surface area contributed by atoms with Crippen molar-refractivity contribution in [2.75, 3.05) is 13.1 Å². The minimum absolute atomic E-state index is 0.470. The van der Waals surface area contributed by atoms with E-state index in [4.69, 9.17) is 4.42 Å². The van der Waals surface area contributed by atoms with Crippen molar-refractivity contribution in [3.05, 3.63) is 35.6 Å². The molecular weight excluding hydrogens is 260 g/mol. The Labute approximate surface area is 127 Å². The highest BCUT2D eigenvalue weighted by Gasteiger charge is 2.22. The maximum Gasteiger partial charge on any atom is 0.134 e. The third-order valence-corrected chi connectivity index (χ3v) is 4.34. The van der Waals surface area contributed by atoms with E-state index in [1.165, 1.54) is 30.5 Å². The Morgan fingerprint density at radius 3 is 2.86 bits per heavy atom. The summed E-state index contributed by atoms with van der Waals surface area (Å²) in [5, 5.41) is 4.76. The van der Waals surface area contributed by atoms with E-state index < -0.39 is 0 Å². The second-order valence-corrected chi connectivity index (χ2v) is 6.66. The molecule has 1 aromatic carbocycles. The second-order valence-electron chi connectivity index (χ2n) is 6.66. The standard InChI is InChI=1S/C18H26N2O/c1-13(2)19-10-18-16(12-20-9-8-14(3)11-20)15-6-4-5-7-17(15)21-18/h4-7,13-14,19H,8-12H2,1-3H3.